The van der Waals surface area contributed by atoms with Gasteiger partial charge in [0.1, 0.15) is 0 Å². The van der Waals surface area contributed by atoms with Crippen LogP contribution in [0.5, 0.6) is 0 Å². The Balaban J connectivity index is 2.60. The van der Waals surface area contributed by atoms with Crippen molar-refractivity contribution < 1.29 is 5.11 Å². The van der Waals surface area contributed by atoms with Gasteiger partial charge in [0.05, 0.1) is 6.61 Å². The van der Waals surface area contributed by atoms with Crippen LogP contribution in [0.1, 0.15) is 26.7 Å². The molecule has 0 radical (unpaired) electrons. The van der Waals surface area contributed by atoms with Gasteiger partial charge in [0.15, 0.2) is 0 Å². The van der Waals surface area contributed by atoms with E-state index in [0.717, 1.165) is 13.1 Å². The number of hydrazine groups is 1. The van der Waals surface area contributed by atoms with E-state index < -0.39 is 0 Å². The summed E-state index contributed by atoms with van der Waals surface area (Å²) < 4.78 is 0. The normalized spacial score (nSPS) is 26.0. The van der Waals surface area contributed by atoms with E-state index >= 15 is 0 Å². The van der Waals surface area contributed by atoms with E-state index in [9.17, 15) is 0 Å². The predicted molar refractivity (Wildman–Crippen MR) is 49.7 cm³/mol. The molecule has 0 atom stereocenters. The van der Waals surface area contributed by atoms with Gasteiger partial charge in [0, 0.05) is 25.7 Å². The summed E-state index contributed by atoms with van der Waals surface area (Å²) >= 11 is 0. The first kappa shape index (κ1) is 9.96. The van der Waals surface area contributed by atoms with Crippen LogP contribution in [0, 0.1) is 0 Å². The second kappa shape index (κ2) is 3.73. The molecule has 12 heavy (non-hydrogen) atoms. The topological polar surface area (TPSA) is 26.7 Å². The van der Waals surface area contributed by atoms with Crippen LogP contribution < -0.4 is 0 Å². The van der Waals surface area contributed by atoms with Crippen molar-refractivity contribution in [3.63, 3.8) is 0 Å². The number of rotatable bonds is 2. The van der Waals surface area contributed by atoms with Crippen LogP contribution >= 0.6 is 0 Å². The molecule has 0 amide bonds. The van der Waals surface area contributed by atoms with Gasteiger partial charge in [-0.05, 0) is 26.7 Å². The maximum absolute atomic E-state index is 8.90. The quantitative estimate of drug-likeness (QED) is 0.664. The van der Waals surface area contributed by atoms with Gasteiger partial charge in [-0.15, -0.1) is 0 Å². The maximum Gasteiger partial charge on any atom is 0.0572 e. The zero-order valence-corrected chi connectivity index (χ0v) is 8.38. The standard InChI is InChI=1S/C9H20N2O/c1-9(2)5-4-6-10(3)11(9)7-8-12/h12H,4-8H2,1-3H3. The summed E-state index contributed by atoms with van der Waals surface area (Å²) in [6.07, 6.45) is 2.47. The molecule has 0 unspecified atom stereocenters. The Morgan fingerprint density at radius 2 is 2.08 bits per heavy atom. The largest absolute Gasteiger partial charge is 0.395 e. The zero-order chi connectivity index (χ0) is 9.19. The molecule has 72 valence electrons. The third-order valence-electron chi connectivity index (χ3n) is 2.69. The lowest BCUT2D eigenvalue weighted by Gasteiger charge is -2.47. The molecule has 0 bridgehead atoms. The van der Waals surface area contributed by atoms with Gasteiger partial charge < -0.3 is 5.11 Å². The lowest BCUT2D eigenvalue weighted by Crippen LogP contribution is -2.57. The number of aliphatic hydroxyl groups excluding tert-OH is 1. The highest BCUT2D eigenvalue weighted by Gasteiger charge is 2.32. The fraction of sp³-hybridized carbons (Fsp3) is 1.00. The first-order chi connectivity index (χ1) is 5.58. The summed E-state index contributed by atoms with van der Waals surface area (Å²) in [5, 5.41) is 13.4. The second-order valence-corrected chi connectivity index (χ2v) is 4.14. The molecule has 1 N–H and O–H groups in total. The van der Waals surface area contributed by atoms with Crippen LogP contribution in [0.4, 0.5) is 0 Å². The third kappa shape index (κ3) is 1.97. The van der Waals surface area contributed by atoms with Crippen LogP contribution in [0.15, 0.2) is 0 Å². The minimum absolute atomic E-state index is 0.218. The van der Waals surface area contributed by atoms with Gasteiger partial charge in [-0.25, -0.2) is 10.0 Å². The summed E-state index contributed by atoms with van der Waals surface area (Å²) in [6.45, 7) is 6.58. The van der Waals surface area contributed by atoms with E-state index in [4.69, 9.17) is 5.11 Å². The number of hydrogen-bond donors (Lipinski definition) is 1. The molecule has 1 rings (SSSR count). The van der Waals surface area contributed by atoms with E-state index in [1.165, 1.54) is 12.8 Å². The summed E-state index contributed by atoms with van der Waals surface area (Å²) in [7, 11) is 2.09. The zero-order valence-electron chi connectivity index (χ0n) is 8.38. The minimum Gasteiger partial charge on any atom is -0.395 e. The highest BCUT2D eigenvalue weighted by atomic mass is 16.3. The molecule has 1 aliphatic heterocycles. The van der Waals surface area contributed by atoms with Crippen LogP contribution in [0.25, 0.3) is 0 Å². The number of nitrogens with zero attached hydrogens (tertiary/aromatic N) is 2. The summed E-state index contributed by atoms with van der Waals surface area (Å²) in [5.74, 6) is 0. The van der Waals surface area contributed by atoms with E-state index in [2.05, 4.69) is 30.9 Å². The fourth-order valence-corrected chi connectivity index (χ4v) is 2.02. The Morgan fingerprint density at radius 1 is 1.42 bits per heavy atom. The van der Waals surface area contributed by atoms with E-state index in [1.54, 1.807) is 0 Å². The molecule has 0 aromatic carbocycles. The Morgan fingerprint density at radius 3 is 2.58 bits per heavy atom. The molecular weight excluding hydrogens is 152 g/mol. The highest BCUT2D eigenvalue weighted by molar-refractivity contribution is 4.83. The highest BCUT2D eigenvalue weighted by Crippen LogP contribution is 2.26. The van der Waals surface area contributed by atoms with Crippen molar-refractivity contribution in [2.24, 2.45) is 0 Å². The van der Waals surface area contributed by atoms with E-state index in [-0.39, 0.29) is 12.1 Å². The molecular formula is C9H20N2O. The average molecular weight is 172 g/mol. The third-order valence-corrected chi connectivity index (χ3v) is 2.69. The Labute approximate surface area is 74.9 Å². The predicted octanol–water partition coefficient (Wildman–Crippen LogP) is 0.700. The van der Waals surface area contributed by atoms with Gasteiger partial charge in [-0.1, -0.05) is 0 Å². The van der Waals surface area contributed by atoms with E-state index in [0.29, 0.717) is 0 Å². The molecule has 0 aromatic heterocycles. The van der Waals surface area contributed by atoms with Crippen LogP contribution in [0.2, 0.25) is 0 Å². The molecule has 1 saturated heterocycles. The second-order valence-electron chi connectivity index (χ2n) is 4.14. The van der Waals surface area contributed by atoms with Crippen molar-refractivity contribution >= 4 is 0 Å². The van der Waals surface area contributed by atoms with Gasteiger partial charge in [-0.2, -0.15) is 0 Å². The summed E-state index contributed by atoms with van der Waals surface area (Å²) in [4.78, 5) is 0. The van der Waals surface area contributed by atoms with Gasteiger partial charge in [-0.3, -0.25) is 0 Å². The van der Waals surface area contributed by atoms with Crippen molar-refractivity contribution in [2.75, 3.05) is 26.7 Å². The molecule has 3 heteroatoms. The van der Waals surface area contributed by atoms with Crippen molar-refractivity contribution in [2.45, 2.75) is 32.2 Å². The molecule has 0 aromatic rings. The lowest BCUT2D eigenvalue weighted by molar-refractivity contribution is -0.117. The molecule has 0 spiro atoms. The van der Waals surface area contributed by atoms with Gasteiger partial charge >= 0.3 is 0 Å². The monoisotopic (exact) mass is 172 g/mol. The van der Waals surface area contributed by atoms with Crippen LogP contribution in [-0.4, -0.2) is 47.4 Å². The van der Waals surface area contributed by atoms with Crippen molar-refractivity contribution in [3.8, 4) is 0 Å². The Hall–Kier alpha value is -0.120. The molecule has 3 nitrogen and oxygen atoms in total. The lowest BCUT2D eigenvalue weighted by atomic mass is 9.95. The van der Waals surface area contributed by atoms with Gasteiger partial charge in [0.2, 0.25) is 0 Å². The van der Waals surface area contributed by atoms with Crippen molar-refractivity contribution in [1.29, 1.82) is 0 Å². The number of aliphatic hydroxyl groups is 1. The minimum atomic E-state index is 0.218. The summed E-state index contributed by atoms with van der Waals surface area (Å²) in [6, 6.07) is 0. The first-order valence-corrected chi connectivity index (χ1v) is 4.67. The SMILES string of the molecule is CN1CCCC(C)(C)N1CCO. The Kier molecular flexibility index (Phi) is 3.09. The smallest absolute Gasteiger partial charge is 0.0572 e. The molecule has 1 heterocycles. The number of β-amino-alcohol motifs (C(OH)–C–C–N with tert-alkyl or cyclic N) is 1. The number of hydrogen-bond acceptors (Lipinski definition) is 3. The molecule has 1 aliphatic rings. The average Bonchev–Trinajstić information content (AvgIpc) is 1.97. The Bertz CT molecular complexity index is 147. The van der Waals surface area contributed by atoms with Gasteiger partial charge in [0.25, 0.3) is 0 Å². The fourth-order valence-electron chi connectivity index (χ4n) is 2.02. The van der Waals surface area contributed by atoms with Crippen LogP contribution in [0.3, 0.4) is 0 Å². The molecule has 0 saturated carbocycles. The molecule has 1 fully saturated rings. The van der Waals surface area contributed by atoms with Crippen molar-refractivity contribution in [1.82, 2.24) is 10.0 Å². The first-order valence-electron chi connectivity index (χ1n) is 4.67. The van der Waals surface area contributed by atoms with Crippen molar-refractivity contribution in [3.05, 3.63) is 0 Å². The summed E-state index contributed by atoms with van der Waals surface area (Å²) in [5.41, 5.74) is 0.218. The van der Waals surface area contributed by atoms with Crippen LogP contribution in [-0.2, 0) is 0 Å². The van der Waals surface area contributed by atoms with E-state index in [1.807, 2.05) is 0 Å². The maximum atomic E-state index is 8.90. The molecule has 0 aliphatic carbocycles.